The molecule has 1 unspecified atom stereocenters. The molecule has 0 aliphatic carbocycles. The molecule has 21 heavy (non-hydrogen) atoms. The van der Waals surface area contributed by atoms with Gasteiger partial charge in [0.2, 0.25) is 0 Å². The van der Waals surface area contributed by atoms with Crippen molar-refractivity contribution in [1.82, 2.24) is 5.32 Å². The van der Waals surface area contributed by atoms with Crippen LogP contribution in [0.4, 0.5) is 8.78 Å². The molecule has 0 radical (unpaired) electrons. The van der Waals surface area contributed by atoms with Crippen molar-refractivity contribution in [3.05, 3.63) is 69.2 Å². The zero-order chi connectivity index (χ0) is 15.4. The summed E-state index contributed by atoms with van der Waals surface area (Å²) in [6, 6.07) is 9.72. The quantitative estimate of drug-likeness (QED) is 0.803. The van der Waals surface area contributed by atoms with E-state index in [0.29, 0.717) is 12.0 Å². The highest BCUT2D eigenvalue weighted by Crippen LogP contribution is 2.29. The van der Waals surface area contributed by atoms with Gasteiger partial charge in [-0.05, 0) is 48.7 Å². The third-order valence-electron chi connectivity index (χ3n) is 3.41. The van der Waals surface area contributed by atoms with Crippen molar-refractivity contribution in [3.63, 3.8) is 0 Å². The molecule has 1 atom stereocenters. The van der Waals surface area contributed by atoms with Crippen molar-refractivity contribution in [3.8, 4) is 0 Å². The second kappa shape index (κ2) is 7.14. The largest absolute Gasteiger partial charge is 0.310 e. The van der Waals surface area contributed by atoms with Crippen LogP contribution >= 0.6 is 15.9 Å². The predicted octanol–water partition coefficient (Wildman–Crippen LogP) is 4.93. The summed E-state index contributed by atoms with van der Waals surface area (Å²) in [5, 5.41) is 3.38. The van der Waals surface area contributed by atoms with E-state index in [0.717, 1.165) is 28.2 Å². The van der Waals surface area contributed by atoms with Gasteiger partial charge in [0.1, 0.15) is 11.6 Å². The minimum Gasteiger partial charge on any atom is -0.310 e. The number of nitrogens with one attached hydrogen (secondary N) is 1. The molecule has 2 aromatic rings. The van der Waals surface area contributed by atoms with E-state index >= 15 is 0 Å². The zero-order valence-electron chi connectivity index (χ0n) is 12.1. The van der Waals surface area contributed by atoms with Crippen LogP contribution in [-0.4, -0.2) is 6.54 Å². The number of hydrogen-bond donors (Lipinski definition) is 1. The molecule has 0 aliphatic rings. The topological polar surface area (TPSA) is 12.0 Å². The van der Waals surface area contributed by atoms with Crippen molar-refractivity contribution >= 4 is 15.9 Å². The molecule has 0 aliphatic heterocycles. The first kappa shape index (κ1) is 16.1. The van der Waals surface area contributed by atoms with Crippen LogP contribution in [0.3, 0.4) is 0 Å². The monoisotopic (exact) mass is 353 g/mol. The molecule has 1 nitrogen and oxygen atoms in total. The molecule has 112 valence electrons. The van der Waals surface area contributed by atoms with Gasteiger partial charge >= 0.3 is 0 Å². The molecule has 0 saturated carbocycles. The number of aryl methyl sites for hydroxylation is 1. The molecule has 0 spiro atoms. The van der Waals surface area contributed by atoms with E-state index in [-0.39, 0.29) is 6.04 Å². The van der Waals surface area contributed by atoms with Crippen LogP contribution < -0.4 is 5.32 Å². The van der Waals surface area contributed by atoms with E-state index in [9.17, 15) is 8.78 Å². The fraction of sp³-hybridized carbons (Fsp3) is 0.294. The van der Waals surface area contributed by atoms with E-state index in [2.05, 4.69) is 21.2 Å². The first-order valence-electron chi connectivity index (χ1n) is 6.94. The highest BCUT2D eigenvalue weighted by molar-refractivity contribution is 9.10. The van der Waals surface area contributed by atoms with Gasteiger partial charge in [-0.15, -0.1) is 0 Å². The zero-order valence-corrected chi connectivity index (χ0v) is 13.7. The Kier molecular flexibility index (Phi) is 5.48. The Balaban J connectivity index is 2.32. The molecule has 0 saturated heterocycles. The number of hydrogen-bond acceptors (Lipinski definition) is 1. The Labute approximate surface area is 132 Å². The Bertz CT molecular complexity index is 608. The minimum absolute atomic E-state index is 0.00507. The van der Waals surface area contributed by atoms with Crippen LogP contribution in [0.25, 0.3) is 0 Å². The summed E-state index contributed by atoms with van der Waals surface area (Å²) in [7, 11) is 0. The molecule has 2 rings (SSSR count). The van der Waals surface area contributed by atoms with Crippen LogP contribution in [0.2, 0.25) is 0 Å². The van der Waals surface area contributed by atoms with Gasteiger partial charge in [-0.1, -0.05) is 41.1 Å². The summed E-state index contributed by atoms with van der Waals surface area (Å²) >= 11 is 3.60. The van der Waals surface area contributed by atoms with Gasteiger partial charge in [0, 0.05) is 16.6 Å². The summed E-state index contributed by atoms with van der Waals surface area (Å²) < 4.78 is 27.7. The summed E-state index contributed by atoms with van der Waals surface area (Å²) in [5.41, 5.74) is 2.88. The van der Waals surface area contributed by atoms with Gasteiger partial charge < -0.3 is 5.32 Å². The highest BCUT2D eigenvalue weighted by atomic mass is 79.9. The first-order chi connectivity index (χ1) is 10.0. The molecular formula is C17H18BrF2N. The summed E-state index contributed by atoms with van der Waals surface area (Å²) in [6.07, 6.45) is 0.532. The average molecular weight is 354 g/mol. The average Bonchev–Trinajstić information content (AvgIpc) is 2.40. The molecule has 4 heteroatoms. The maximum absolute atomic E-state index is 13.3. The van der Waals surface area contributed by atoms with E-state index in [1.807, 2.05) is 32.0 Å². The van der Waals surface area contributed by atoms with Gasteiger partial charge in [-0.3, -0.25) is 0 Å². The summed E-state index contributed by atoms with van der Waals surface area (Å²) in [5.74, 6) is -1.08. The molecule has 0 fully saturated rings. The maximum atomic E-state index is 13.3. The fourth-order valence-corrected chi connectivity index (χ4v) is 2.98. The Morgan fingerprint density at radius 3 is 2.43 bits per heavy atom. The lowest BCUT2D eigenvalue weighted by molar-refractivity contribution is 0.537. The van der Waals surface area contributed by atoms with Gasteiger partial charge in [0.25, 0.3) is 0 Å². The third-order valence-corrected chi connectivity index (χ3v) is 4.49. The summed E-state index contributed by atoms with van der Waals surface area (Å²) in [4.78, 5) is 0. The van der Waals surface area contributed by atoms with Crippen LogP contribution in [0, 0.1) is 18.6 Å². The van der Waals surface area contributed by atoms with Gasteiger partial charge in [0.05, 0.1) is 0 Å². The normalized spacial score (nSPS) is 12.4. The second-order valence-electron chi connectivity index (χ2n) is 5.07. The van der Waals surface area contributed by atoms with Crippen molar-refractivity contribution in [1.29, 1.82) is 0 Å². The van der Waals surface area contributed by atoms with Crippen LogP contribution in [0.5, 0.6) is 0 Å². The van der Waals surface area contributed by atoms with Crippen LogP contribution in [0.1, 0.15) is 29.7 Å². The molecule has 0 bridgehead atoms. The Morgan fingerprint density at radius 2 is 1.81 bits per heavy atom. The van der Waals surface area contributed by atoms with Crippen LogP contribution in [0.15, 0.2) is 40.9 Å². The molecule has 0 aromatic heterocycles. The standard InChI is InChI=1S/C17H18BrF2N/c1-3-21-16(15-6-4-5-11(2)17(15)18)9-12-7-13(19)10-14(20)8-12/h4-8,10,16,21H,3,9H2,1-2H3. The van der Waals surface area contributed by atoms with Gasteiger partial charge in [-0.25, -0.2) is 8.78 Å². The van der Waals surface area contributed by atoms with Gasteiger partial charge in [-0.2, -0.15) is 0 Å². The van der Waals surface area contributed by atoms with Crippen molar-refractivity contribution in [2.24, 2.45) is 0 Å². The lowest BCUT2D eigenvalue weighted by atomic mass is 9.97. The number of likely N-dealkylation sites (N-methyl/N-ethyl adjacent to an activating group) is 1. The first-order valence-corrected chi connectivity index (χ1v) is 7.74. The minimum atomic E-state index is -0.538. The lowest BCUT2D eigenvalue weighted by Gasteiger charge is -2.21. The lowest BCUT2D eigenvalue weighted by Crippen LogP contribution is -2.23. The Hall–Kier alpha value is -1.26. The smallest absolute Gasteiger partial charge is 0.126 e. The fourth-order valence-electron chi connectivity index (χ4n) is 2.44. The van der Waals surface area contributed by atoms with E-state index in [1.54, 1.807) is 0 Å². The molecule has 2 aromatic carbocycles. The predicted molar refractivity (Wildman–Crippen MR) is 85.4 cm³/mol. The van der Waals surface area contributed by atoms with E-state index in [4.69, 9.17) is 0 Å². The summed E-state index contributed by atoms with van der Waals surface area (Å²) in [6.45, 7) is 4.82. The molecule has 0 heterocycles. The van der Waals surface area contributed by atoms with E-state index in [1.165, 1.54) is 12.1 Å². The van der Waals surface area contributed by atoms with Gasteiger partial charge in [0.15, 0.2) is 0 Å². The van der Waals surface area contributed by atoms with Crippen molar-refractivity contribution in [2.75, 3.05) is 6.54 Å². The van der Waals surface area contributed by atoms with Crippen molar-refractivity contribution in [2.45, 2.75) is 26.3 Å². The molecule has 1 N–H and O–H groups in total. The van der Waals surface area contributed by atoms with Crippen molar-refractivity contribution < 1.29 is 8.78 Å². The maximum Gasteiger partial charge on any atom is 0.126 e. The van der Waals surface area contributed by atoms with Crippen LogP contribution in [-0.2, 0) is 6.42 Å². The SMILES string of the molecule is CCNC(Cc1cc(F)cc(F)c1)c1cccc(C)c1Br. The molecule has 0 amide bonds. The van der Waals surface area contributed by atoms with E-state index < -0.39 is 11.6 Å². The third kappa shape index (κ3) is 4.11. The number of rotatable bonds is 5. The Morgan fingerprint density at radius 1 is 1.14 bits per heavy atom. The highest BCUT2D eigenvalue weighted by Gasteiger charge is 2.16. The second-order valence-corrected chi connectivity index (χ2v) is 5.86. The number of benzene rings is 2. The number of halogens is 3. The molecular weight excluding hydrogens is 336 g/mol.